The molecule has 0 saturated heterocycles. The lowest BCUT2D eigenvalue weighted by molar-refractivity contribution is 0.113. The van der Waals surface area contributed by atoms with Crippen LogP contribution in [0, 0.1) is 6.92 Å². The van der Waals surface area contributed by atoms with Gasteiger partial charge in [-0.05, 0) is 26.0 Å². The summed E-state index contributed by atoms with van der Waals surface area (Å²) in [5.74, 6) is 0. The first-order chi connectivity index (χ1) is 8.67. The average molecular weight is 250 g/mol. The fourth-order valence-corrected chi connectivity index (χ4v) is 1.91. The van der Waals surface area contributed by atoms with E-state index >= 15 is 0 Å². The Morgan fingerprint density at radius 3 is 2.44 bits per heavy atom. The van der Waals surface area contributed by atoms with Crippen LogP contribution in [0.1, 0.15) is 31.0 Å². The van der Waals surface area contributed by atoms with Gasteiger partial charge in [-0.25, -0.2) is 0 Å². The predicted molar refractivity (Wildman–Crippen MR) is 76.7 cm³/mol. The number of hydrogen-bond acceptors (Lipinski definition) is 3. The zero-order valence-electron chi connectivity index (χ0n) is 11.9. The monoisotopic (exact) mass is 250 g/mol. The Morgan fingerprint density at radius 2 is 1.89 bits per heavy atom. The standard InChI is InChI=1S/C15H26N2O/c1-4-17(10-11-18-5-2)12-15(16)14-8-6-13(3)7-9-14/h6-9,15H,4-5,10-12,16H2,1-3H3. The second kappa shape index (κ2) is 8.25. The van der Waals surface area contributed by atoms with Gasteiger partial charge in [0.25, 0.3) is 0 Å². The molecule has 0 saturated carbocycles. The van der Waals surface area contributed by atoms with Crippen molar-refractivity contribution in [3.63, 3.8) is 0 Å². The van der Waals surface area contributed by atoms with E-state index in [4.69, 9.17) is 10.5 Å². The molecule has 0 spiro atoms. The summed E-state index contributed by atoms with van der Waals surface area (Å²) in [4.78, 5) is 2.33. The van der Waals surface area contributed by atoms with Gasteiger partial charge in [0.15, 0.2) is 0 Å². The van der Waals surface area contributed by atoms with Gasteiger partial charge < -0.3 is 10.5 Å². The van der Waals surface area contributed by atoms with Gasteiger partial charge >= 0.3 is 0 Å². The molecule has 102 valence electrons. The zero-order chi connectivity index (χ0) is 13.4. The first-order valence-corrected chi connectivity index (χ1v) is 6.79. The molecule has 3 heteroatoms. The third-order valence-electron chi connectivity index (χ3n) is 3.16. The molecule has 0 bridgehead atoms. The predicted octanol–water partition coefficient (Wildman–Crippen LogP) is 2.35. The van der Waals surface area contributed by atoms with E-state index in [-0.39, 0.29) is 6.04 Å². The summed E-state index contributed by atoms with van der Waals surface area (Å²) in [6.07, 6.45) is 0. The molecule has 0 radical (unpaired) electrons. The molecule has 1 unspecified atom stereocenters. The molecule has 0 amide bonds. The van der Waals surface area contributed by atoms with E-state index in [2.05, 4.69) is 43.0 Å². The quantitative estimate of drug-likeness (QED) is 0.720. The highest BCUT2D eigenvalue weighted by atomic mass is 16.5. The van der Waals surface area contributed by atoms with Crippen molar-refractivity contribution in [2.75, 3.05) is 32.8 Å². The van der Waals surface area contributed by atoms with Crippen LogP contribution >= 0.6 is 0 Å². The molecule has 1 aromatic rings. The van der Waals surface area contributed by atoms with Crippen molar-refractivity contribution in [3.8, 4) is 0 Å². The van der Waals surface area contributed by atoms with Crippen molar-refractivity contribution in [1.82, 2.24) is 4.90 Å². The van der Waals surface area contributed by atoms with E-state index in [1.165, 1.54) is 11.1 Å². The summed E-state index contributed by atoms with van der Waals surface area (Å²) < 4.78 is 5.39. The molecule has 0 aromatic heterocycles. The van der Waals surface area contributed by atoms with Gasteiger partial charge in [0.2, 0.25) is 0 Å². The molecule has 3 nitrogen and oxygen atoms in total. The van der Waals surface area contributed by atoms with Crippen molar-refractivity contribution >= 4 is 0 Å². The summed E-state index contributed by atoms with van der Waals surface area (Å²) >= 11 is 0. The molecular weight excluding hydrogens is 224 g/mol. The third kappa shape index (κ3) is 5.17. The maximum absolute atomic E-state index is 6.24. The second-order valence-electron chi connectivity index (χ2n) is 4.61. The van der Waals surface area contributed by atoms with Crippen molar-refractivity contribution in [2.45, 2.75) is 26.8 Å². The van der Waals surface area contributed by atoms with Crippen LogP contribution in [-0.2, 0) is 4.74 Å². The van der Waals surface area contributed by atoms with Crippen molar-refractivity contribution < 1.29 is 4.74 Å². The molecule has 0 heterocycles. The fraction of sp³-hybridized carbons (Fsp3) is 0.600. The van der Waals surface area contributed by atoms with Gasteiger partial charge in [-0.3, -0.25) is 4.90 Å². The van der Waals surface area contributed by atoms with Gasteiger partial charge in [0.05, 0.1) is 6.61 Å². The SMILES string of the molecule is CCOCCN(CC)CC(N)c1ccc(C)cc1. The summed E-state index contributed by atoms with van der Waals surface area (Å²) in [6.45, 7) is 10.7. The zero-order valence-corrected chi connectivity index (χ0v) is 11.9. The molecule has 0 aliphatic heterocycles. The first kappa shape index (κ1) is 15.2. The highest BCUT2D eigenvalue weighted by Crippen LogP contribution is 2.12. The van der Waals surface area contributed by atoms with Crippen LogP contribution in [0.3, 0.4) is 0 Å². The van der Waals surface area contributed by atoms with E-state index in [0.29, 0.717) is 0 Å². The molecular formula is C15H26N2O. The lowest BCUT2D eigenvalue weighted by atomic mass is 10.1. The van der Waals surface area contributed by atoms with Crippen LogP contribution in [0.4, 0.5) is 0 Å². The van der Waals surface area contributed by atoms with Gasteiger partial charge in [-0.15, -0.1) is 0 Å². The van der Waals surface area contributed by atoms with Crippen LogP contribution in [0.25, 0.3) is 0 Å². The summed E-state index contributed by atoms with van der Waals surface area (Å²) in [6, 6.07) is 8.55. The maximum Gasteiger partial charge on any atom is 0.0593 e. The third-order valence-corrected chi connectivity index (χ3v) is 3.16. The van der Waals surface area contributed by atoms with Crippen LogP contribution in [-0.4, -0.2) is 37.7 Å². The first-order valence-electron chi connectivity index (χ1n) is 6.79. The summed E-state index contributed by atoms with van der Waals surface area (Å²) in [7, 11) is 0. The minimum Gasteiger partial charge on any atom is -0.380 e. The van der Waals surface area contributed by atoms with Crippen molar-refractivity contribution in [3.05, 3.63) is 35.4 Å². The van der Waals surface area contributed by atoms with Crippen molar-refractivity contribution in [2.24, 2.45) is 5.73 Å². The molecule has 2 N–H and O–H groups in total. The van der Waals surface area contributed by atoms with Crippen molar-refractivity contribution in [1.29, 1.82) is 0 Å². The second-order valence-corrected chi connectivity index (χ2v) is 4.61. The average Bonchev–Trinajstić information content (AvgIpc) is 2.38. The Kier molecular flexibility index (Phi) is 6.94. The van der Waals surface area contributed by atoms with E-state index in [1.54, 1.807) is 0 Å². The molecule has 1 aromatic carbocycles. The topological polar surface area (TPSA) is 38.5 Å². The van der Waals surface area contributed by atoms with Gasteiger partial charge in [0, 0.05) is 25.7 Å². The minimum atomic E-state index is 0.0761. The molecule has 1 rings (SSSR count). The van der Waals surface area contributed by atoms with Crippen LogP contribution in [0.2, 0.25) is 0 Å². The summed E-state index contributed by atoms with van der Waals surface area (Å²) in [5, 5.41) is 0. The lowest BCUT2D eigenvalue weighted by Crippen LogP contribution is -2.34. The highest BCUT2D eigenvalue weighted by molar-refractivity contribution is 5.24. The Hall–Kier alpha value is -0.900. The largest absolute Gasteiger partial charge is 0.380 e. The number of rotatable bonds is 8. The van der Waals surface area contributed by atoms with Crippen LogP contribution < -0.4 is 5.73 Å². The van der Waals surface area contributed by atoms with E-state index in [9.17, 15) is 0 Å². The number of likely N-dealkylation sites (N-methyl/N-ethyl adjacent to an activating group) is 1. The molecule has 0 aliphatic rings. The normalized spacial score (nSPS) is 12.9. The highest BCUT2D eigenvalue weighted by Gasteiger charge is 2.10. The van der Waals surface area contributed by atoms with Gasteiger partial charge in [0.1, 0.15) is 0 Å². The lowest BCUT2D eigenvalue weighted by Gasteiger charge is -2.24. The Morgan fingerprint density at radius 1 is 1.22 bits per heavy atom. The van der Waals surface area contributed by atoms with Crippen LogP contribution in [0.5, 0.6) is 0 Å². The van der Waals surface area contributed by atoms with Crippen LogP contribution in [0.15, 0.2) is 24.3 Å². The maximum atomic E-state index is 6.24. The fourth-order valence-electron chi connectivity index (χ4n) is 1.91. The van der Waals surface area contributed by atoms with Gasteiger partial charge in [-0.2, -0.15) is 0 Å². The van der Waals surface area contributed by atoms with E-state index in [0.717, 1.165) is 32.8 Å². The van der Waals surface area contributed by atoms with Gasteiger partial charge in [-0.1, -0.05) is 36.8 Å². The smallest absolute Gasteiger partial charge is 0.0593 e. The number of hydrogen-bond donors (Lipinski definition) is 1. The molecule has 0 aliphatic carbocycles. The number of benzene rings is 1. The Balaban J connectivity index is 2.45. The Bertz CT molecular complexity index is 324. The number of aryl methyl sites for hydroxylation is 1. The van der Waals surface area contributed by atoms with E-state index < -0.39 is 0 Å². The molecule has 0 fully saturated rings. The molecule has 1 atom stereocenters. The minimum absolute atomic E-state index is 0.0761. The number of ether oxygens (including phenoxy) is 1. The number of nitrogens with two attached hydrogens (primary N) is 1. The van der Waals surface area contributed by atoms with E-state index in [1.807, 2.05) is 6.92 Å². The summed E-state index contributed by atoms with van der Waals surface area (Å²) in [5.41, 5.74) is 8.72. The Labute approximate surface area is 111 Å². The molecule has 18 heavy (non-hydrogen) atoms. The number of nitrogens with zero attached hydrogens (tertiary/aromatic N) is 1.